The van der Waals surface area contributed by atoms with E-state index in [-0.39, 0.29) is 0 Å². The fraction of sp³-hybridized carbons (Fsp3) is 0.529. The molecule has 1 aromatic carbocycles. The van der Waals surface area contributed by atoms with Crippen LogP contribution in [0.1, 0.15) is 18.4 Å². The average molecular weight is 256 g/mol. The Kier molecular flexibility index (Phi) is 2.93. The van der Waals surface area contributed by atoms with Gasteiger partial charge in [0.15, 0.2) is 0 Å². The Morgan fingerprint density at radius 3 is 2.84 bits per heavy atom. The molecule has 100 valence electrons. The Balaban J connectivity index is 1.21. The molecule has 1 aromatic rings. The summed E-state index contributed by atoms with van der Waals surface area (Å²) in [7, 11) is 0. The van der Waals surface area contributed by atoms with Crippen LogP contribution in [0, 0.1) is 17.8 Å². The van der Waals surface area contributed by atoms with Gasteiger partial charge in [-0.05, 0) is 36.2 Å². The maximum Gasteiger partial charge on any atom is 0.0876 e. The molecule has 2 saturated carbocycles. The van der Waals surface area contributed by atoms with Crippen molar-refractivity contribution in [2.24, 2.45) is 17.8 Å². The van der Waals surface area contributed by atoms with Crippen molar-refractivity contribution in [2.75, 3.05) is 13.2 Å². The molecule has 0 amide bonds. The number of hydrogen-bond donors (Lipinski definition) is 0. The van der Waals surface area contributed by atoms with Gasteiger partial charge in [0.1, 0.15) is 0 Å². The normalized spacial score (nSPS) is 38.8. The number of fused-ring (bicyclic) bond motifs is 5. The second-order valence-corrected chi connectivity index (χ2v) is 6.07. The fourth-order valence-electron chi connectivity index (χ4n) is 3.96. The zero-order valence-electron chi connectivity index (χ0n) is 11.1. The number of rotatable bonds is 5. The maximum atomic E-state index is 5.82. The summed E-state index contributed by atoms with van der Waals surface area (Å²) in [5.74, 6) is 2.40. The maximum absolute atomic E-state index is 5.82. The fourth-order valence-corrected chi connectivity index (χ4v) is 3.96. The lowest BCUT2D eigenvalue weighted by Crippen LogP contribution is -2.22. The van der Waals surface area contributed by atoms with E-state index in [1.54, 1.807) is 0 Å². The number of epoxide rings is 1. The summed E-state index contributed by atoms with van der Waals surface area (Å²) >= 11 is 0. The van der Waals surface area contributed by atoms with Gasteiger partial charge in [0.25, 0.3) is 0 Å². The zero-order chi connectivity index (χ0) is 12.7. The molecule has 19 heavy (non-hydrogen) atoms. The van der Waals surface area contributed by atoms with Gasteiger partial charge in [-0.3, -0.25) is 0 Å². The summed E-state index contributed by atoms with van der Waals surface area (Å²) < 4.78 is 11.5. The summed E-state index contributed by atoms with van der Waals surface area (Å²) in [6.45, 7) is 1.63. The van der Waals surface area contributed by atoms with E-state index in [0.29, 0.717) is 12.2 Å². The van der Waals surface area contributed by atoms with E-state index in [4.69, 9.17) is 9.47 Å². The molecule has 0 radical (unpaired) electrons. The van der Waals surface area contributed by atoms with E-state index < -0.39 is 0 Å². The molecule has 1 saturated heterocycles. The lowest BCUT2D eigenvalue weighted by molar-refractivity contribution is 0.0983. The number of ether oxygens (including phenoxy) is 2. The van der Waals surface area contributed by atoms with Gasteiger partial charge in [0.05, 0.1) is 25.4 Å². The van der Waals surface area contributed by atoms with Crippen molar-refractivity contribution in [3.8, 4) is 0 Å². The van der Waals surface area contributed by atoms with Gasteiger partial charge in [0.2, 0.25) is 0 Å². The van der Waals surface area contributed by atoms with E-state index in [1.165, 1.54) is 18.4 Å². The third-order valence-electron chi connectivity index (χ3n) is 4.89. The highest BCUT2D eigenvalue weighted by Gasteiger charge is 2.62. The van der Waals surface area contributed by atoms with Crippen molar-refractivity contribution < 1.29 is 9.47 Å². The Bertz CT molecular complexity index is 467. The molecule has 0 spiro atoms. The Hall–Kier alpha value is -1.12. The molecule has 1 aliphatic heterocycles. The summed E-state index contributed by atoms with van der Waals surface area (Å²) in [5.41, 5.74) is 1.24. The first-order valence-electron chi connectivity index (χ1n) is 7.36. The molecule has 2 bridgehead atoms. The SMILES string of the molecule is C(=Cc1ccccc1)COCC1CC2CC1C1OC21. The van der Waals surface area contributed by atoms with E-state index in [1.807, 2.05) is 6.07 Å². The third-order valence-corrected chi connectivity index (χ3v) is 4.89. The number of benzene rings is 1. The number of hydrogen-bond acceptors (Lipinski definition) is 2. The second kappa shape index (κ2) is 4.77. The summed E-state index contributed by atoms with van der Waals surface area (Å²) in [6, 6.07) is 10.4. The predicted octanol–water partition coefficient (Wildman–Crippen LogP) is 3.14. The van der Waals surface area contributed by atoms with Gasteiger partial charge in [-0.15, -0.1) is 0 Å². The highest BCUT2D eigenvalue weighted by atomic mass is 16.6. The van der Waals surface area contributed by atoms with Crippen molar-refractivity contribution in [1.29, 1.82) is 0 Å². The van der Waals surface area contributed by atoms with Crippen LogP contribution in [0.2, 0.25) is 0 Å². The summed E-state index contributed by atoms with van der Waals surface area (Å²) in [5, 5.41) is 0. The Labute approximate surface area is 114 Å². The van der Waals surface area contributed by atoms with Crippen molar-refractivity contribution in [3.05, 3.63) is 42.0 Å². The van der Waals surface area contributed by atoms with Gasteiger partial charge >= 0.3 is 0 Å². The monoisotopic (exact) mass is 256 g/mol. The highest BCUT2D eigenvalue weighted by molar-refractivity contribution is 5.48. The van der Waals surface area contributed by atoms with Gasteiger partial charge in [0, 0.05) is 0 Å². The average Bonchev–Trinajstić information content (AvgIpc) is 3.06. The van der Waals surface area contributed by atoms with Crippen LogP contribution in [-0.4, -0.2) is 25.4 Å². The van der Waals surface area contributed by atoms with Gasteiger partial charge in [-0.1, -0.05) is 42.5 Å². The minimum absolute atomic E-state index is 0.604. The minimum atomic E-state index is 0.604. The molecule has 0 aromatic heterocycles. The lowest BCUT2D eigenvalue weighted by atomic mass is 9.89. The molecule has 5 atom stereocenters. The molecule has 1 heterocycles. The quantitative estimate of drug-likeness (QED) is 0.596. The molecule has 3 fully saturated rings. The minimum Gasteiger partial charge on any atom is -0.377 e. The van der Waals surface area contributed by atoms with Gasteiger partial charge in [-0.25, -0.2) is 0 Å². The standard InChI is InChI=1S/C17H20O2/c1-2-5-12(6-3-1)7-4-8-18-11-14-9-13-10-15(14)17-16(13)19-17/h1-7,13-17H,8-11H2. The van der Waals surface area contributed by atoms with Crippen LogP contribution in [0.15, 0.2) is 36.4 Å². The zero-order valence-corrected chi connectivity index (χ0v) is 11.1. The molecule has 2 heteroatoms. The molecule has 4 rings (SSSR count). The molecular weight excluding hydrogens is 236 g/mol. The van der Waals surface area contributed by atoms with Gasteiger partial charge < -0.3 is 9.47 Å². The van der Waals surface area contributed by atoms with Crippen LogP contribution in [-0.2, 0) is 9.47 Å². The molecule has 0 N–H and O–H groups in total. The van der Waals surface area contributed by atoms with Crippen LogP contribution < -0.4 is 0 Å². The van der Waals surface area contributed by atoms with E-state index in [2.05, 4.69) is 36.4 Å². The first-order chi connectivity index (χ1) is 9.42. The Morgan fingerprint density at radius 1 is 1.16 bits per heavy atom. The first-order valence-corrected chi connectivity index (χ1v) is 7.36. The summed E-state index contributed by atoms with van der Waals surface area (Å²) in [4.78, 5) is 0. The van der Waals surface area contributed by atoms with E-state index in [9.17, 15) is 0 Å². The van der Waals surface area contributed by atoms with Crippen LogP contribution in [0.4, 0.5) is 0 Å². The van der Waals surface area contributed by atoms with Crippen LogP contribution in [0.5, 0.6) is 0 Å². The Morgan fingerprint density at radius 2 is 2.05 bits per heavy atom. The molecular formula is C17H20O2. The smallest absolute Gasteiger partial charge is 0.0876 e. The van der Waals surface area contributed by atoms with Crippen molar-refractivity contribution in [1.82, 2.24) is 0 Å². The topological polar surface area (TPSA) is 21.8 Å². The highest BCUT2D eigenvalue weighted by Crippen LogP contribution is 2.58. The van der Waals surface area contributed by atoms with Crippen LogP contribution >= 0.6 is 0 Å². The van der Waals surface area contributed by atoms with Crippen LogP contribution in [0.25, 0.3) is 6.08 Å². The van der Waals surface area contributed by atoms with Crippen molar-refractivity contribution in [3.63, 3.8) is 0 Å². The van der Waals surface area contributed by atoms with Crippen LogP contribution in [0.3, 0.4) is 0 Å². The largest absolute Gasteiger partial charge is 0.377 e. The molecule has 5 unspecified atom stereocenters. The van der Waals surface area contributed by atoms with Crippen molar-refractivity contribution >= 4 is 6.08 Å². The molecule has 2 nitrogen and oxygen atoms in total. The van der Waals surface area contributed by atoms with E-state index in [0.717, 1.165) is 31.0 Å². The molecule has 2 aliphatic carbocycles. The lowest BCUT2D eigenvalue weighted by Gasteiger charge is -2.18. The second-order valence-electron chi connectivity index (χ2n) is 6.07. The molecule has 3 aliphatic rings. The van der Waals surface area contributed by atoms with E-state index >= 15 is 0 Å². The van der Waals surface area contributed by atoms with Gasteiger partial charge in [-0.2, -0.15) is 0 Å². The first kappa shape index (κ1) is 11.7. The summed E-state index contributed by atoms with van der Waals surface area (Å²) in [6.07, 6.45) is 8.20. The van der Waals surface area contributed by atoms with Crippen molar-refractivity contribution in [2.45, 2.75) is 25.0 Å². The third kappa shape index (κ3) is 2.24. The predicted molar refractivity (Wildman–Crippen MR) is 74.7 cm³/mol.